The van der Waals surface area contributed by atoms with Gasteiger partial charge in [-0.3, -0.25) is 4.79 Å². The summed E-state index contributed by atoms with van der Waals surface area (Å²) in [5.41, 5.74) is 9.43. The van der Waals surface area contributed by atoms with E-state index in [0.29, 0.717) is 28.7 Å². The van der Waals surface area contributed by atoms with E-state index in [0.717, 1.165) is 16.7 Å². The highest BCUT2D eigenvalue weighted by molar-refractivity contribution is 6.33. The second kappa shape index (κ2) is 7.70. The van der Waals surface area contributed by atoms with Gasteiger partial charge in [0.2, 0.25) is 5.91 Å². The summed E-state index contributed by atoms with van der Waals surface area (Å²) < 4.78 is 5.46. The van der Waals surface area contributed by atoms with Crippen LogP contribution in [0.1, 0.15) is 5.56 Å². The number of amides is 1. The van der Waals surface area contributed by atoms with Gasteiger partial charge in [-0.25, -0.2) is 0 Å². The lowest BCUT2D eigenvalue weighted by atomic mass is 10.0. The van der Waals surface area contributed by atoms with Gasteiger partial charge >= 0.3 is 0 Å². The average Bonchev–Trinajstić information content (AvgIpc) is 3.11. The molecule has 0 aliphatic rings. The van der Waals surface area contributed by atoms with Crippen LogP contribution in [0, 0.1) is 0 Å². The van der Waals surface area contributed by atoms with Gasteiger partial charge in [0.1, 0.15) is 11.6 Å². The van der Waals surface area contributed by atoms with Gasteiger partial charge in [-0.05, 0) is 23.8 Å². The minimum atomic E-state index is -0.277. The van der Waals surface area contributed by atoms with Gasteiger partial charge in [0, 0.05) is 29.4 Å². The van der Waals surface area contributed by atoms with Gasteiger partial charge in [0.05, 0.1) is 5.02 Å². The fourth-order valence-electron chi connectivity index (χ4n) is 2.50. The minimum absolute atomic E-state index is 0.106. The van der Waals surface area contributed by atoms with E-state index in [2.05, 4.69) is 10.5 Å². The van der Waals surface area contributed by atoms with Crippen molar-refractivity contribution in [3.63, 3.8) is 0 Å². The molecule has 3 rings (SSSR count). The summed E-state index contributed by atoms with van der Waals surface area (Å²) in [7, 11) is 0. The predicted octanol–water partition coefficient (Wildman–Crippen LogP) is 4.30. The number of carbonyl (C=O) groups is 1. The highest BCUT2D eigenvalue weighted by atomic mass is 35.5. The molecule has 128 valence electrons. The number of nitrogens with two attached hydrogens (primary N) is 1. The number of rotatable bonds is 5. The highest BCUT2D eigenvalue weighted by Gasteiger charge is 2.15. The summed E-state index contributed by atoms with van der Waals surface area (Å²) in [6.07, 6.45) is 0. The molecule has 1 aromatic heterocycles. The Labute approximate surface area is 154 Å². The molecular weight excluding hydrogens is 361 g/mol. The molecule has 3 aromatic rings. The molecule has 7 heteroatoms. The van der Waals surface area contributed by atoms with Crippen LogP contribution in [0.5, 0.6) is 0 Å². The third-order valence-corrected chi connectivity index (χ3v) is 4.20. The predicted molar refractivity (Wildman–Crippen MR) is 99.6 cm³/mol. The zero-order valence-electron chi connectivity index (χ0n) is 13.1. The van der Waals surface area contributed by atoms with Crippen LogP contribution in [0.2, 0.25) is 5.02 Å². The lowest BCUT2D eigenvalue weighted by Gasteiger charge is -2.06. The van der Waals surface area contributed by atoms with Crippen LogP contribution >= 0.6 is 23.2 Å². The first kappa shape index (κ1) is 17.5. The zero-order valence-corrected chi connectivity index (χ0v) is 14.6. The van der Waals surface area contributed by atoms with Crippen LogP contribution in [-0.2, 0) is 11.3 Å². The fourth-order valence-corrected chi connectivity index (χ4v) is 2.86. The van der Waals surface area contributed by atoms with E-state index in [1.165, 1.54) is 0 Å². The fraction of sp³-hybridized carbons (Fsp3) is 0.111. The molecule has 1 heterocycles. The maximum absolute atomic E-state index is 11.4. The average molecular weight is 376 g/mol. The molecule has 0 saturated carbocycles. The van der Waals surface area contributed by atoms with Crippen LogP contribution in [0.3, 0.4) is 0 Å². The van der Waals surface area contributed by atoms with Crippen molar-refractivity contribution in [3.8, 4) is 22.6 Å². The lowest BCUT2D eigenvalue weighted by Crippen LogP contribution is -2.12. The first-order valence-corrected chi connectivity index (χ1v) is 8.44. The van der Waals surface area contributed by atoms with Crippen molar-refractivity contribution in [1.29, 1.82) is 0 Å². The molecule has 3 N–H and O–H groups in total. The summed E-state index contributed by atoms with van der Waals surface area (Å²) in [6, 6.07) is 14.5. The summed E-state index contributed by atoms with van der Waals surface area (Å²) in [5.74, 6) is 0.172. The van der Waals surface area contributed by atoms with Crippen molar-refractivity contribution >= 4 is 34.8 Å². The molecule has 1 amide bonds. The first-order chi connectivity index (χ1) is 12.1. The molecule has 0 aliphatic carbocycles. The van der Waals surface area contributed by atoms with Crippen molar-refractivity contribution in [3.05, 3.63) is 59.1 Å². The molecule has 0 aliphatic heterocycles. The Kier molecular flexibility index (Phi) is 5.38. The number of anilines is 1. The standard InChI is InChI=1S/C18H15Cl2N3O2/c19-9-17(24)22-13-5-1-3-11(7-13)16-8-15(23-25-16)18-12(10-21)4-2-6-14(18)20/h1-8H,9-10,21H2,(H,22,24). The van der Waals surface area contributed by atoms with Gasteiger partial charge in [-0.15, -0.1) is 11.6 Å². The number of nitrogens with zero attached hydrogens (tertiary/aromatic N) is 1. The maximum atomic E-state index is 11.4. The highest BCUT2D eigenvalue weighted by Crippen LogP contribution is 2.33. The third-order valence-electron chi connectivity index (χ3n) is 3.64. The van der Waals surface area contributed by atoms with Crippen LogP contribution in [0.25, 0.3) is 22.6 Å². The van der Waals surface area contributed by atoms with Gasteiger partial charge in [0.25, 0.3) is 0 Å². The van der Waals surface area contributed by atoms with Gasteiger partial charge in [-0.2, -0.15) is 0 Å². The number of alkyl halides is 1. The molecule has 0 radical (unpaired) electrons. The van der Waals surface area contributed by atoms with E-state index >= 15 is 0 Å². The monoisotopic (exact) mass is 375 g/mol. The summed E-state index contributed by atoms with van der Waals surface area (Å²) in [5, 5.41) is 7.37. The summed E-state index contributed by atoms with van der Waals surface area (Å²) in [4.78, 5) is 11.4. The Bertz CT molecular complexity index is 909. The topological polar surface area (TPSA) is 81.1 Å². The van der Waals surface area contributed by atoms with Crippen LogP contribution in [0.15, 0.2) is 53.1 Å². The van der Waals surface area contributed by atoms with Crippen molar-refractivity contribution in [1.82, 2.24) is 5.16 Å². The van der Waals surface area contributed by atoms with Crippen LogP contribution in [0.4, 0.5) is 5.69 Å². The van der Waals surface area contributed by atoms with E-state index in [-0.39, 0.29) is 11.8 Å². The third kappa shape index (κ3) is 3.85. The molecule has 0 saturated heterocycles. The van der Waals surface area contributed by atoms with E-state index in [9.17, 15) is 4.79 Å². The van der Waals surface area contributed by atoms with Crippen molar-refractivity contribution in [2.75, 3.05) is 11.2 Å². The Morgan fingerprint density at radius 1 is 1.20 bits per heavy atom. The largest absolute Gasteiger partial charge is 0.356 e. The molecule has 2 aromatic carbocycles. The number of aromatic nitrogens is 1. The normalized spacial score (nSPS) is 10.7. The molecule has 0 unspecified atom stereocenters. The van der Waals surface area contributed by atoms with Crippen LogP contribution < -0.4 is 11.1 Å². The van der Waals surface area contributed by atoms with Crippen molar-refractivity contribution < 1.29 is 9.32 Å². The molecular formula is C18H15Cl2N3O2. The van der Waals surface area contributed by atoms with Crippen molar-refractivity contribution in [2.24, 2.45) is 5.73 Å². The maximum Gasteiger partial charge on any atom is 0.239 e. The summed E-state index contributed by atoms with van der Waals surface area (Å²) >= 11 is 11.8. The van der Waals surface area contributed by atoms with Gasteiger partial charge in [0.15, 0.2) is 5.76 Å². The smallest absolute Gasteiger partial charge is 0.239 e. The molecule has 0 atom stereocenters. The number of benzene rings is 2. The summed E-state index contributed by atoms with van der Waals surface area (Å²) in [6.45, 7) is 0.345. The SMILES string of the molecule is NCc1cccc(Cl)c1-c1cc(-c2cccc(NC(=O)CCl)c2)on1. The quantitative estimate of drug-likeness (QED) is 0.651. The van der Waals surface area contributed by atoms with E-state index < -0.39 is 0 Å². The molecule has 25 heavy (non-hydrogen) atoms. The molecule has 0 fully saturated rings. The van der Waals surface area contributed by atoms with E-state index in [1.54, 1.807) is 24.3 Å². The number of carbonyl (C=O) groups excluding carboxylic acids is 1. The van der Waals surface area contributed by atoms with E-state index in [4.69, 9.17) is 33.5 Å². The van der Waals surface area contributed by atoms with Gasteiger partial charge < -0.3 is 15.6 Å². The number of hydrogen-bond donors (Lipinski definition) is 2. The van der Waals surface area contributed by atoms with Crippen LogP contribution in [-0.4, -0.2) is 16.9 Å². The second-order valence-corrected chi connectivity index (χ2v) is 5.99. The Morgan fingerprint density at radius 2 is 2.00 bits per heavy atom. The second-order valence-electron chi connectivity index (χ2n) is 5.32. The zero-order chi connectivity index (χ0) is 17.8. The van der Waals surface area contributed by atoms with E-state index in [1.807, 2.05) is 24.3 Å². The van der Waals surface area contributed by atoms with Gasteiger partial charge in [-0.1, -0.05) is 41.0 Å². The Hall–Kier alpha value is -2.34. The molecule has 5 nitrogen and oxygen atoms in total. The number of nitrogens with one attached hydrogen (secondary N) is 1. The Balaban J connectivity index is 1.95. The first-order valence-electron chi connectivity index (χ1n) is 7.53. The number of halogens is 2. The molecule has 0 bridgehead atoms. The minimum Gasteiger partial charge on any atom is -0.356 e. The lowest BCUT2D eigenvalue weighted by molar-refractivity contribution is -0.113. The molecule has 0 spiro atoms. The number of hydrogen-bond acceptors (Lipinski definition) is 4. The van der Waals surface area contributed by atoms with Crippen molar-refractivity contribution in [2.45, 2.75) is 6.54 Å². The Morgan fingerprint density at radius 3 is 2.76 bits per heavy atom.